The molecule has 5 nitrogen and oxygen atoms in total. The lowest BCUT2D eigenvalue weighted by atomic mass is 10.1. The average molecular weight is 338 g/mol. The van der Waals surface area contributed by atoms with E-state index in [4.69, 9.17) is 4.74 Å². The van der Waals surface area contributed by atoms with Crippen LogP contribution in [0.25, 0.3) is 0 Å². The summed E-state index contributed by atoms with van der Waals surface area (Å²) in [5, 5.41) is 5.46. The van der Waals surface area contributed by atoms with Gasteiger partial charge < -0.3 is 15.4 Å². The zero-order valence-corrected chi connectivity index (χ0v) is 14.3. The molecule has 2 aromatic rings. The quantitative estimate of drug-likeness (QED) is 0.851. The summed E-state index contributed by atoms with van der Waals surface area (Å²) in [5.74, 6) is 0.192. The van der Waals surface area contributed by atoms with Gasteiger partial charge in [0.25, 0.3) is 5.91 Å². The van der Waals surface area contributed by atoms with Gasteiger partial charge in [0.2, 0.25) is 5.91 Å². The summed E-state index contributed by atoms with van der Waals surface area (Å²) in [6.07, 6.45) is 3.35. The SMILES string of the molecule is CCOc1ccc(C(=O)NCC(=O)Nc2ccc3c(c2)CCC3)cc1. The molecule has 130 valence electrons. The lowest BCUT2D eigenvalue weighted by Gasteiger charge is -2.09. The minimum Gasteiger partial charge on any atom is -0.494 e. The van der Waals surface area contributed by atoms with E-state index in [1.807, 2.05) is 19.1 Å². The molecule has 1 aliphatic carbocycles. The van der Waals surface area contributed by atoms with E-state index in [-0.39, 0.29) is 18.4 Å². The number of rotatable bonds is 6. The van der Waals surface area contributed by atoms with E-state index >= 15 is 0 Å². The molecular weight excluding hydrogens is 316 g/mol. The van der Waals surface area contributed by atoms with Crippen molar-refractivity contribution >= 4 is 17.5 Å². The minimum absolute atomic E-state index is 0.0663. The number of carbonyl (C=O) groups is 2. The number of ether oxygens (including phenoxy) is 1. The Morgan fingerprint density at radius 1 is 1.04 bits per heavy atom. The number of anilines is 1. The molecule has 0 radical (unpaired) electrons. The van der Waals surface area contributed by atoms with Crippen LogP contribution in [-0.4, -0.2) is 25.0 Å². The van der Waals surface area contributed by atoms with Gasteiger partial charge >= 0.3 is 0 Å². The second-order valence-corrected chi connectivity index (χ2v) is 6.03. The topological polar surface area (TPSA) is 67.4 Å². The number of carbonyl (C=O) groups excluding carboxylic acids is 2. The average Bonchev–Trinajstić information content (AvgIpc) is 3.08. The predicted octanol–water partition coefficient (Wildman–Crippen LogP) is 2.94. The number of amides is 2. The highest BCUT2D eigenvalue weighted by molar-refractivity contribution is 5.99. The molecule has 0 bridgehead atoms. The van der Waals surface area contributed by atoms with Crippen molar-refractivity contribution in [2.45, 2.75) is 26.2 Å². The van der Waals surface area contributed by atoms with Crippen molar-refractivity contribution in [3.63, 3.8) is 0 Å². The Morgan fingerprint density at radius 3 is 2.56 bits per heavy atom. The van der Waals surface area contributed by atoms with Gasteiger partial charge in [-0.15, -0.1) is 0 Å². The Hall–Kier alpha value is -2.82. The summed E-state index contributed by atoms with van der Waals surface area (Å²) in [6, 6.07) is 12.8. The van der Waals surface area contributed by atoms with E-state index in [9.17, 15) is 9.59 Å². The molecule has 0 fully saturated rings. The fourth-order valence-electron chi connectivity index (χ4n) is 2.99. The minimum atomic E-state index is -0.285. The van der Waals surface area contributed by atoms with Crippen molar-refractivity contribution in [2.75, 3.05) is 18.5 Å². The predicted molar refractivity (Wildman–Crippen MR) is 97.0 cm³/mol. The maximum Gasteiger partial charge on any atom is 0.251 e. The zero-order valence-electron chi connectivity index (χ0n) is 14.3. The van der Waals surface area contributed by atoms with E-state index in [1.54, 1.807) is 24.3 Å². The lowest BCUT2D eigenvalue weighted by molar-refractivity contribution is -0.115. The van der Waals surface area contributed by atoms with Gasteiger partial charge in [0, 0.05) is 11.3 Å². The Bertz CT molecular complexity index is 769. The highest BCUT2D eigenvalue weighted by atomic mass is 16.5. The molecule has 5 heteroatoms. The second kappa shape index (κ2) is 7.83. The Balaban J connectivity index is 1.50. The van der Waals surface area contributed by atoms with Gasteiger partial charge in [0.1, 0.15) is 5.75 Å². The van der Waals surface area contributed by atoms with Gasteiger partial charge in [0.15, 0.2) is 0 Å². The smallest absolute Gasteiger partial charge is 0.251 e. The summed E-state index contributed by atoms with van der Waals surface area (Å²) < 4.78 is 5.34. The first-order chi connectivity index (χ1) is 12.2. The van der Waals surface area contributed by atoms with E-state index in [0.717, 1.165) is 18.5 Å². The molecule has 1 aliphatic rings. The van der Waals surface area contributed by atoms with Crippen molar-refractivity contribution in [1.82, 2.24) is 5.32 Å². The third kappa shape index (κ3) is 4.38. The van der Waals surface area contributed by atoms with Crippen LogP contribution in [0.5, 0.6) is 5.75 Å². The molecule has 0 saturated heterocycles. The first-order valence-electron chi connectivity index (χ1n) is 8.58. The first kappa shape index (κ1) is 17.0. The number of nitrogens with one attached hydrogen (secondary N) is 2. The molecule has 0 spiro atoms. The highest BCUT2D eigenvalue weighted by Crippen LogP contribution is 2.24. The normalized spacial score (nSPS) is 12.4. The van der Waals surface area contributed by atoms with E-state index in [0.29, 0.717) is 17.9 Å². The van der Waals surface area contributed by atoms with Crippen LogP contribution in [-0.2, 0) is 17.6 Å². The molecule has 0 atom stereocenters. The molecule has 0 aromatic heterocycles. The third-order valence-corrected chi connectivity index (χ3v) is 4.22. The largest absolute Gasteiger partial charge is 0.494 e. The highest BCUT2D eigenvalue weighted by Gasteiger charge is 2.12. The second-order valence-electron chi connectivity index (χ2n) is 6.03. The first-order valence-corrected chi connectivity index (χ1v) is 8.58. The van der Waals surface area contributed by atoms with Crippen LogP contribution in [0.2, 0.25) is 0 Å². The fourth-order valence-corrected chi connectivity index (χ4v) is 2.99. The molecule has 3 rings (SSSR count). The number of fused-ring (bicyclic) bond motifs is 1. The van der Waals surface area contributed by atoms with Crippen molar-refractivity contribution in [3.05, 3.63) is 59.2 Å². The summed E-state index contributed by atoms with van der Waals surface area (Å²) >= 11 is 0. The maximum atomic E-state index is 12.1. The van der Waals surface area contributed by atoms with E-state index in [1.165, 1.54) is 17.5 Å². The van der Waals surface area contributed by atoms with Crippen molar-refractivity contribution in [1.29, 1.82) is 0 Å². The van der Waals surface area contributed by atoms with Gasteiger partial charge in [-0.05, 0) is 73.7 Å². The summed E-state index contributed by atoms with van der Waals surface area (Å²) in [7, 11) is 0. The van der Waals surface area contributed by atoms with Crippen LogP contribution < -0.4 is 15.4 Å². The Labute approximate surface area is 147 Å². The van der Waals surface area contributed by atoms with Gasteiger partial charge in [-0.25, -0.2) is 0 Å². The number of aryl methyl sites for hydroxylation is 2. The van der Waals surface area contributed by atoms with Crippen LogP contribution in [0.1, 0.15) is 34.8 Å². The molecule has 25 heavy (non-hydrogen) atoms. The summed E-state index contributed by atoms with van der Waals surface area (Å²) in [4.78, 5) is 24.1. The molecule has 0 aliphatic heterocycles. The summed E-state index contributed by atoms with van der Waals surface area (Å²) in [5.41, 5.74) is 3.94. The van der Waals surface area contributed by atoms with Crippen LogP contribution in [0, 0.1) is 0 Å². The molecule has 0 unspecified atom stereocenters. The molecule has 2 aromatic carbocycles. The van der Waals surface area contributed by atoms with Gasteiger partial charge in [-0.2, -0.15) is 0 Å². The number of hydrogen-bond donors (Lipinski definition) is 2. The van der Waals surface area contributed by atoms with E-state index in [2.05, 4.69) is 16.7 Å². The van der Waals surface area contributed by atoms with Gasteiger partial charge in [-0.3, -0.25) is 9.59 Å². The Kier molecular flexibility index (Phi) is 5.33. The van der Waals surface area contributed by atoms with Crippen LogP contribution >= 0.6 is 0 Å². The van der Waals surface area contributed by atoms with Crippen LogP contribution in [0.4, 0.5) is 5.69 Å². The van der Waals surface area contributed by atoms with E-state index < -0.39 is 0 Å². The maximum absolute atomic E-state index is 12.1. The number of hydrogen-bond acceptors (Lipinski definition) is 3. The standard InChI is InChI=1S/C20H22N2O3/c1-2-25-18-10-7-15(8-11-18)20(24)21-13-19(23)22-17-9-6-14-4-3-5-16(14)12-17/h6-12H,2-5,13H2,1H3,(H,21,24)(H,22,23). The van der Waals surface area contributed by atoms with Gasteiger partial charge in [-0.1, -0.05) is 6.07 Å². The fraction of sp³-hybridized carbons (Fsp3) is 0.300. The number of benzene rings is 2. The lowest BCUT2D eigenvalue weighted by Crippen LogP contribution is -2.32. The summed E-state index contributed by atoms with van der Waals surface area (Å²) in [6.45, 7) is 2.41. The zero-order chi connectivity index (χ0) is 17.6. The molecule has 2 N–H and O–H groups in total. The molecule has 0 saturated carbocycles. The molecular formula is C20H22N2O3. The monoisotopic (exact) mass is 338 g/mol. The molecule has 2 amide bonds. The van der Waals surface area contributed by atoms with Crippen molar-refractivity contribution in [3.8, 4) is 5.75 Å². The molecule has 0 heterocycles. The van der Waals surface area contributed by atoms with Crippen molar-refractivity contribution < 1.29 is 14.3 Å². The van der Waals surface area contributed by atoms with Crippen LogP contribution in [0.15, 0.2) is 42.5 Å². The third-order valence-electron chi connectivity index (χ3n) is 4.22. The van der Waals surface area contributed by atoms with Crippen molar-refractivity contribution in [2.24, 2.45) is 0 Å². The van der Waals surface area contributed by atoms with Gasteiger partial charge in [0.05, 0.1) is 13.2 Å². The van der Waals surface area contributed by atoms with Crippen LogP contribution in [0.3, 0.4) is 0 Å². The Morgan fingerprint density at radius 2 is 1.80 bits per heavy atom.